The molecular weight excluding hydrogens is 423 g/mol. The molecule has 0 spiro atoms. The molecule has 1 aliphatic heterocycles. The maximum absolute atomic E-state index is 13.8. The highest BCUT2D eigenvalue weighted by Crippen LogP contribution is 2.33. The molecule has 1 saturated heterocycles. The summed E-state index contributed by atoms with van der Waals surface area (Å²) in [5, 5.41) is 8.89. The van der Waals surface area contributed by atoms with Gasteiger partial charge in [0.15, 0.2) is 0 Å². The number of hydrogen-bond donors (Lipinski definition) is 2. The predicted molar refractivity (Wildman–Crippen MR) is 133 cm³/mol. The number of nitrogens with one attached hydrogen (secondary N) is 2. The molecule has 170 valence electrons. The standard InChI is InChI=1S/C26H32ClFN4/c1-26(2,3)31-21-11-13-32(14-12-21)23-15-24(29-17-18-7-9-20(27)10-8-18)30-25-19(16-28)5-4-6-22(23)25/h4-10,15,21,31H,11-14,16-17H2,1-3H3,(H,29,30). The van der Waals surface area contributed by atoms with Crippen LogP contribution in [0.5, 0.6) is 0 Å². The van der Waals surface area contributed by atoms with Crippen molar-refractivity contribution in [2.75, 3.05) is 23.3 Å². The lowest BCUT2D eigenvalue weighted by molar-refractivity contribution is 0.317. The molecule has 0 amide bonds. The number of nitrogens with zero attached hydrogens (tertiary/aromatic N) is 2. The van der Waals surface area contributed by atoms with Crippen molar-refractivity contribution in [2.45, 2.75) is 58.4 Å². The quantitative estimate of drug-likeness (QED) is 0.456. The van der Waals surface area contributed by atoms with Gasteiger partial charge in [0.05, 0.1) is 5.52 Å². The first-order chi connectivity index (χ1) is 15.3. The molecule has 1 aromatic heterocycles. The molecule has 1 aliphatic rings. The molecule has 0 atom stereocenters. The number of alkyl halides is 1. The lowest BCUT2D eigenvalue weighted by Crippen LogP contribution is -2.49. The van der Waals surface area contributed by atoms with Crippen LogP contribution in [0.15, 0.2) is 48.5 Å². The summed E-state index contributed by atoms with van der Waals surface area (Å²) in [6.07, 6.45) is 2.16. The summed E-state index contributed by atoms with van der Waals surface area (Å²) in [5.41, 5.74) is 3.72. The van der Waals surface area contributed by atoms with Gasteiger partial charge in [-0.3, -0.25) is 0 Å². The van der Waals surface area contributed by atoms with Gasteiger partial charge in [-0.25, -0.2) is 9.37 Å². The summed E-state index contributed by atoms with van der Waals surface area (Å²) < 4.78 is 13.8. The topological polar surface area (TPSA) is 40.2 Å². The summed E-state index contributed by atoms with van der Waals surface area (Å²) in [5.74, 6) is 0.762. The molecule has 4 nitrogen and oxygen atoms in total. The third-order valence-corrected chi connectivity index (χ3v) is 6.16. The average Bonchev–Trinajstić information content (AvgIpc) is 2.77. The minimum Gasteiger partial charge on any atom is -0.371 e. The van der Waals surface area contributed by atoms with Gasteiger partial charge in [-0.05, 0) is 51.3 Å². The Labute approximate surface area is 195 Å². The summed E-state index contributed by atoms with van der Waals surface area (Å²) in [4.78, 5) is 7.20. The Morgan fingerprint density at radius 2 is 1.81 bits per heavy atom. The highest BCUT2D eigenvalue weighted by molar-refractivity contribution is 6.30. The Bertz CT molecular complexity index is 1050. The van der Waals surface area contributed by atoms with E-state index in [1.807, 2.05) is 36.4 Å². The van der Waals surface area contributed by atoms with E-state index in [1.54, 1.807) is 0 Å². The van der Waals surface area contributed by atoms with Crippen molar-refractivity contribution in [3.63, 3.8) is 0 Å². The monoisotopic (exact) mass is 454 g/mol. The van der Waals surface area contributed by atoms with Gasteiger partial charge in [-0.2, -0.15) is 0 Å². The zero-order valence-corrected chi connectivity index (χ0v) is 19.8. The minimum atomic E-state index is -0.526. The minimum absolute atomic E-state index is 0.116. The number of para-hydroxylation sites is 1. The molecular formula is C26H32ClFN4. The number of rotatable bonds is 6. The molecule has 6 heteroatoms. The molecule has 2 heterocycles. The van der Waals surface area contributed by atoms with E-state index >= 15 is 0 Å². The van der Waals surface area contributed by atoms with Crippen LogP contribution in [0.3, 0.4) is 0 Å². The molecule has 0 aliphatic carbocycles. The number of piperidine rings is 1. The average molecular weight is 455 g/mol. The Hall–Kier alpha value is -2.37. The normalized spacial score (nSPS) is 15.3. The van der Waals surface area contributed by atoms with Crippen LogP contribution in [0.25, 0.3) is 10.9 Å². The second kappa shape index (κ2) is 9.63. The summed E-state index contributed by atoms with van der Waals surface area (Å²) in [6.45, 7) is 8.67. The lowest BCUT2D eigenvalue weighted by Gasteiger charge is -2.37. The van der Waals surface area contributed by atoms with Crippen molar-refractivity contribution in [2.24, 2.45) is 0 Å². The van der Waals surface area contributed by atoms with Gasteiger partial charge in [0.25, 0.3) is 0 Å². The van der Waals surface area contributed by atoms with Crippen LogP contribution in [0.4, 0.5) is 15.9 Å². The Kier molecular flexibility index (Phi) is 6.87. The highest BCUT2D eigenvalue weighted by atomic mass is 35.5. The largest absolute Gasteiger partial charge is 0.371 e. The SMILES string of the molecule is CC(C)(C)NC1CCN(c2cc(NCc3ccc(Cl)cc3)nc3c(CF)cccc23)CC1. The molecule has 0 radical (unpaired) electrons. The van der Waals surface area contributed by atoms with Crippen molar-refractivity contribution in [1.82, 2.24) is 10.3 Å². The van der Waals surface area contributed by atoms with Gasteiger partial charge >= 0.3 is 0 Å². The van der Waals surface area contributed by atoms with Crippen LogP contribution in [-0.2, 0) is 13.2 Å². The number of pyridine rings is 1. The van der Waals surface area contributed by atoms with Gasteiger partial charge in [-0.1, -0.05) is 41.9 Å². The van der Waals surface area contributed by atoms with Gasteiger partial charge in [0, 0.05) is 58.9 Å². The molecule has 2 N–H and O–H groups in total. The summed E-state index contributed by atoms with van der Waals surface area (Å²) >= 11 is 6.00. The van der Waals surface area contributed by atoms with Gasteiger partial charge < -0.3 is 15.5 Å². The van der Waals surface area contributed by atoms with E-state index in [1.165, 1.54) is 0 Å². The van der Waals surface area contributed by atoms with Crippen LogP contribution in [-0.4, -0.2) is 29.7 Å². The van der Waals surface area contributed by atoms with E-state index in [0.717, 1.165) is 58.9 Å². The van der Waals surface area contributed by atoms with Crippen LogP contribution in [0, 0.1) is 0 Å². The van der Waals surface area contributed by atoms with Gasteiger partial charge in [0.2, 0.25) is 0 Å². The van der Waals surface area contributed by atoms with E-state index in [0.29, 0.717) is 18.2 Å². The first kappa shape index (κ1) is 22.8. The number of aromatic nitrogens is 1. The van der Waals surface area contributed by atoms with E-state index in [2.05, 4.69) is 48.4 Å². The van der Waals surface area contributed by atoms with Crippen LogP contribution < -0.4 is 15.5 Å². The molecule has 32 heavy (non-hydrogen) atoms. The van der Waals surface area contributed by atoms with Crippen LogP contribution >= 0.6 is 11.6 Å². The molecule has 2 aromatic carbocycles. The van der Waals surface area contributed by atoms with Crippen molar-refractivity contribution in [1.29, 1.82) is 0 Å². The summed E-state index contributed by atoms with van der Waals surface area (Å²) in [6, 6.07) is 16.2. The molecule has 0 bridgehead atoms. The number of benzene rings is 2. The molecule has 4 rings (SSSR count). The number of halogens is 2. The second-order valence-electron chi connectivity index (χ2n) is 9.61. The zero-order chi connectivity index (χ0) is 22.7. The Morgan fingerprint density at radius 1 is 1.09 bits per heavy atom. The molecule has 0 saturated carbocycles. The van der Waals surface area contributed by atoms with Crippen molar-refractivity contribution >= 4 is 34.0 Å². The summed E-state index contributed by atoms with van der Waals surface area (Å²) in [7, 11) is 0. The molecule has 3 aromatic rings. The van der Waals surface area contributed by atoms with Crippen molar-refractivity contribution < 1.29 is 4.39 Å². The van der Waals surface area contributed by atoms with Gasteiger partial charge in [-0.15, -0.1) is 0 Å². The Morgan fingerprint density at radius 3 is 2.47 bits per heavy atom. The van der Waals surface area contributed by atoms with E-state index in [-0.39, 0.29) is 5.54 Å². The fraction of sp³-hybridized carbons (Fsp3) is 0.423. The smallest absolute Gasteiger partial charge is 0.129 e. The molecule has 0 unspecified atom stereocenters. The number of fused-ring (bicyclic) bond motifs is 1. The van der Waals surface area contributed by atoms with E-state index < -0.39 is 6.67 Å². The lowest BCUT2D eigenvalue weighted by atomic mass is 9.99. The van der Waals surface area contributed by atoms with E-state index in [9.17, 15) is 4.39 Å². The fourth-order valence-corrected chi connectivity index (χ4v) is 4.55. The van der Waals surface area contributed by atoms with E-state index in [4.69, 9.17) is 16.6 Å². The van der Waals surface area contributed by atoms with Crippen molar-refractivity contribution in [3.8, 4) is 0 Å². The van der Waals surface area contributed by atoms with Crippen molar-refractivity contribution in [3.05, 3.63) is 64.7 Å². The third-order valence-electron chi connectivity index (χ3n) is 5.90. The maximum Gasteiger partial charge on any atom is 0.129 e. The molecule has 1 fully saturated rings. The first-order valence-electron chi connectivity index (χ1n) is 11.3. The fourth-order valence-electron chi connectivity index (χ4n) is 4.42. The first-order valence-corrected chi connectivity index (χ1v) is 11.7. The van der Waals surface area contributed by atoms with Gasteiger partial charge in [0.1, 0.15) is 12.5 Å². The van der Waals surface area contributed by atoms with Crippen LogP contribution in [0.2, 0.25) is 5.02 Å². The third kappa shape index (κ3) is 5.51. The maximum atomic E-state index is 13.8. The number of hydrogen-bond acceptors (Lipinski definition) is 4. The zero-order valence-electron chi connectivity index (χ0n) is 19.1. The predicted octanol–water partition coefficient (Wildman–Crippen LogP) is 6.33. The second-order valence-corrected chi connectivity index (χ2v) is 10.0. The highest BCUT2D eigenvalue weighted by Gasteiger charge is 2.24. The Balaban J connectivity index is 1.60. The van der Waals surface area contributed by atoms with Crippen LogP contribution in [0.1, 0.15) is 44.7 Å². The number of anilines is 2.